The third kappa shape index (κ3) is 3.51. The van der Waals surface area contributed by atoms with Crippen molar-refractivity contribution in [1.29, 1.82) is 0 Å². The van der Waals surface area contributed by atoms with Gasteiger partial charge in [0.25, 0.3) is 0 Å². The highest BCUT2D eigenvalue weighted by molar-refractivity contribution is 9.10. The van der Waals surface area contributed by atoms with Crippen LogP contribution in [0.2, 0.25) is 0 Å². The fraction of sp³-hybridized carbons (Fsp3) is 0.333. The number of aromatic nitrogens is 2. The van der Waals surface area contributed by atoms with Crippen LogP contribution in [0.15, 0.2) is 47.2 Å². The van der Waals surface area contributed by atoms with Gasteiger partial charge in [-0.3, -0.25) is 10.00 Å². The molecule has 0 aliphatic rings. The Bertz CT molecular complexity index is 600. The first-order valence-electron chi connectivity index (χ1n) is 6.80. The van der Waals surface area contributed by atoms with Crippen LogP contribution in [0.3, 0.4) is 0 Å². The van der Waals surface area contributed by atoms with Gasteiger partial charge in [-0.15, -0.1) is 0 Å². The lowest BCUT2D eigenvalue weighted by atomic mass is 9.89. The van der Waals surface area contributed by atoms with E-state index < -0.39 is 11.5 Å². The fourth-order valence-electron chi connectivity index (χ4n) is 2.24. The SMILES string of the molecule is CCCNC(Cn1cc(Br)cn1)(C(=O)O)c1ccccc1. The van der Waals surface area contributed by atoms with Crippen LogP contribution in [0.1, 0.15) is 18.9 Å². The Balaban J connectivity index is 2.42. The highest BCUT2D eigenvalue weighted by Gasteiger charge is 2.40. The summed E-state index contributed by atoms with van der Waals surface area (Å²) in [5.41, 5.74) is -0.472. The molecule has 1 aromatic heterocycles. The average molecular weight is 352 g/mol. The van der Waals surface area contributed by atoms with Crippen LogP contribution in [0.25, 0.3) is 0 Å². The lowest BCUT2D eigenvalue weighted by molar-refractivity contribution is -0.146. The van der Waals surface area contributed by atoms with Crippen molar-refractivity contribution < 1.29 is 9.90 Å². The summed E-state index contributed by atoms with van der Waals surface area (Å²) >= 11 is 3.33. The van der Waals surface area contributed by atoms with Gasteiger partial charge in [0.2, 0.25) is 0 Å². The van der Waals surface area contributed by atoms with Crippen LogP contribution < -0.4 is 5.32 Å². The van der Waals surface area contributed by atoms with E-state index in [2.05, 4.69) is 26.3 Å². The molecule has 112 valence electrons. The monoisotopic (exact) mass is 351 g/mol. The molecule has 1 atom stereocenters. The van der Waals surface area contributed by atoms with Gasteiger partial charge >= 0.3 is 5.97 Å². The minimum absolute atomic E-state index is 0.220. The molecule has 1 aromatic carbocycles. The molecule has 0 bridgehead atoms. The largest absolute Gasteiger partial charge is 0.480 e. The van der Waals surface area contributed by atoms with Gasteiger partial charge in [0.05, 0.1) is 17.2 Å². The van der Waals surface area contributed by atoms with Gasteiger partial charge < -0.3 is 5.11 Å². The number of aliphatic carboxylic acids is 1. The molecule has 6 heteroatoms. The smallest absolute Gasteiger partial charge is 0.330 e. The molecule has 0 radical (unpaired) electrons. The second-order valence-electron chi connectivity index (χ2n) is 4.86. The van der Waals surface area contributed by atoms with E-state index in [1.807, 2.05) is 37.3 Å². The van der Waals surface area contributed by atoms with E-state index in [4.69, 9.17) is 0 Å². The number of carboxylic acids is 1. The Labute approximate surface area is 132 Å². The molecular formula is C15H18BrN3O2. The molecule has 0 fully saturated rings. The van der Waals surface area contributed by atoms with Crippen molar-refractivity contribution in [2.75, 3.05) is 6.54 Å². The van der Waals surface area contributed by atoms with Gasteiger partial charge in [0.15, 0.2) is 5.54 Å². The van der Waals surface area contributed by atoms with E-state index in [0.717, 1.165) is 16.5 Å². The maximum atomic E-state index is 12.0. The van der Waals surface area contributed by atoms with Crippen molar-refractivity contribution in [1.82, 2.24) is 15.1 Å². The molecule has 0 aliphatic carbocycles. The van der Waals surface area contributed by atoms with E-state index in [9.17, 15) is 9.90 Å². The Kier molecular flexibility index (Phi) is 5.14. The molecule has 2 rings (SSSR count). The summed E-state index contributed by atoms with van der Waals surface area (Å²) in [4.78, 5) is 12.0. The number of carbonyl (C=O) groups is 1. The van der Waals surface area contributed by atoms with Crippen molar-refractivity contribution in [2.24, 2.45) is 0 Å². The van der Waals surface area contributed by atoms with Crippen LogP contribution in [-0.2, 0) is 16.9 Å². The topological polar surface area (TPSA) is 67.2 Å². The zero-order valence-corrected chi connectivity index (χ0v) is 13.4. The van der Waals surface area contributed by atoms with Gasteiger partial charge in [-0.05, 0) is 34.5 Å². The third-order valence-electron chi connectivity index (χ3n) is 3.31. The summed E-state index contributed by atoms with van der Waals surface area (Å²) in [6.07, 6.45) is 4.27. The van der Waals surface area contributed by atoms with Crippen LogP contribution in [0.5, 0.6) is 0 Å². The van der Waals surface area contributed by atoms with Crippen LogP contribution in [0.4, 0.5) is 0 Å². The number of hydrogen-bond acceptors (Lipinski definition) is 3. The van der Waals surface area contributed by atoms with Gasteiger partial charge in [0, 0.05) is 6.20 Å². The molecule has 5 nitrogen and oxygen atoms in total. The van der Waals surface area contributed by atoms with Crippen LogP contribution in [0, 0.1) is 0 Å². The summed E-state index contributed by atoms with van der Waals surface area (Å²) in [7, 11) is 0. The van der Waals surface area contributed by atoms with E-state index in [-0.39, 0.29) is 6.54 Å². The Hall–Kier alpha value is -1.66. The van der Waals surface area contributed by atoms with E-state index in [0.29, 0.717) is 6.54 Å². The summed E-state index contributed by atoms with van der Waals surface area (Å²) in [5.74, 6) is -0.909. The number of halogens is 1. The molecule has 0 saturated carbocycles. The summed E-state index contributed by atoms with van der Waals surface area (Å²) in [6, 6.07) is 9.23. The minimum Gasteiger partial charge on any atom is -0.480 e. The van der Waals surface area contributed by atoms with Crippen molar-refractivity contribution in [3.05, 3.63) is 52.8 Å². The van der Waals surface area contributed by atoms with Crippen LogP contribution in [-0.4, -0.2) is 27.4 Å². The molecular weight excluding hydrogens is 334 g/mol. The fourth-order valence-corrected chi connectivity index (χ4v) is 2.57. The quantitative estimate of drug-likeness (QED) is 0.804. The first kappa shape index (κ1) is 15.7. The van der Waals surface area contributed by atoms with Gasteiger partial charge in [-0.1, -0.05) is 37.3 Å². The minimum atomic E-state index is -1.19. The van der Waals surface area contributed by atoms with Crippen molar-refractivity contribution in [2.45, 2.75) is 25.4 Å². The molecule has 0 saturated heterocycles. The number of hydrogen-bond donors (Lipinski definition) is 2. The highest BCUT2D eigenvalue weighted by Crippen LogP contribution is 2.24. The molecule has 2 N–H and O–H groups in total. The van der Waals surface area contributed by atoms with Gasteiger partial charge in [-0.25, -0.2) is 4.79 Å². The number of nitrogens with zero attached hydrogens (tertiary/aromatic N) is 2. The Morgan fingerprint density at radius 2 is 2.14 bits per heavy atom. The molecule has 0 aliphatic heterocycles. The van der Waals surface area contributed by atoms with Crippen molar-refractivity contribution >= 4 is 21.9 Å². The van der Waals surface area contributed by atoms with Gasteiger partial charge in [0.1, 0.15) is 0 Å². The number of carboxylic acid groups (broad SMARTS) is 1. The predicted octanol–water partition coefficient (Wildman–Crippen LogP) is 2.63. The maximum absolute atomic E-state index is 12.0. The second kappa shape index (κ2) is 6.87. The lowest BCUT2D eigenvalue weighted by Crippen LogP contribution is -2.52. The summed E-state index contributed by atoms with van der Waals surface area (Å²) in [6.45, 7) is 2.84. The normalized spacial score (nSPS) is 13.8. The predicted molar refractivity (Wildman–Crippen MR) is 84.0 cm³/mol. The number of benzene rings is 1. The maximum Gasteiger partial charge on any atom is 0.330 e. The second-order valence-corrected chi connectivity index (χ2v) is 5.78. The van der Waals surface area contributed by atoms with Crippen molar-refractivity contribution in [3.8, 4) is 0 Å². The average Bonchev–Trinajstić information content (AvgIpc) is 2.89. The molecule has 1 heterocycles. The van der Waals surface area contributed by atoms with Gasteiger partial charge in [-0.2, -0.15) is 5.10 Å². The zero-order valence-electron chi connectivity index (χ0n) is 11.8. The van der Waals surface area contributed by atoms with Crippen LogP contribution >= 0.6 is 15.9 Å². The first-order valence-corrected chi connectivity index (χ1v) is 7.59. The molecule has 0 amide bonds. The third-order valence-corrected chi connectivity index (χ3v) is 3.72. The first-order chi connectivity index (χ1) is 10.1. The standard InChI is InChI=1S/C15H18BrN3O2/c1-2-8-17-15(14(20)21,12-6-4-3-5-7-12)11-19-10-13(16)9-18-19/h3-7,9-10,17H,2,8,11H2,1H3,(H,20,21). The molecule has 0 spiro atoms. The van der Waals surface area contributed by atoms with E-state index >= 15 is 0 Å². The lowest BCUT2D eigenvalue weighted by Gasteiger charge is -2.31. The highest BCUT2D eigenvalue weighted by atomic mass is 79.9. The molecule has 2 aromatic rings. The molecule has 21 heavy (non-hydrogen) atoms. The summed E-state index contributed by atoms with van der Waals surface area (Å²) < 4.78 is 2.46. The Morgan fingerprint density at radius 1 is 1.43 bits per heavy atom. The Morgan fingerprint density at radius 3 is 2.67 bits per heavy atom. The van der Waals surface area contributed by atoms with E-state index in [1.165, 1.54) is 0 Å². The number of nitrogens with one attached hydrogen (secondary N) is 1. The summed E-state index contributed by atoms with van der Waals surface area (Å²) in [5, 5.41) is 17.2. The van der Waals surface area contributed by atoms with E-state index in [1.54, 1.807) is 17.1 Å². The molecule has 1 unspecified atom stereocenters. The zero-order chi connectivity index (χ0) is 15.3. The number of rotatable bonds is 7. The van der Waals surface area contributed by atoms with Crippen molar-refractivity contribution in [3.63, 3.8) is 0 Å².